The first-order chi connectivity index (χ1) is 9.78. The lowest BCUT2D eigenvalue weighted by Gasteiger charge is -2.21. The summed E-state index contributed by atoms with van der Waals surface area (Å²) < 4.78 is 0. The monoisotopic (exact) mass is 294 g/mol. The zero-order valence-electron chi connectivity index (χ0n) is 12.3. The number of nitrogens with one attached hydrogen (secondary N) is 2. The van der Waals surface area contributed by atoms with Gasteiger partial charge in [-0.05, 0) is 25.8 Å². The lowest BCUT2D eigenvalue weighted by atomic mass is 10.0. The largest absolute Gasteiger partial charge is 0.481 e. The first-order valence-electron chi connectivity index (χ1n) is 6.80. The van der Waals surface area contributed by atoms with E-state index in [9.17, 15) is 14.7 Å². The number of hydrogen-bond acceptors (Lipinski definition) is 3. The standard InChI is InChI=1S/C15H22N2O4/c1-11-4-3-5-12(8-11)6-7-16-14(20)17-10-15(2,21)9-13(18)19/h3-5,8,21H,6-7,9-10H2,1-2H3,(H,18,19)(H2,16,17,20). The molecule has 0 saturated carbocycles. The number of aryl methyl sites for hydroxylation is 1. The van der Waals surface area contributed by atoms with E-state index < -0.39 is 24.0 Å². The van der Waals surface area contributed by atoms with Crippen molar-refractivity contribution in [2.24, 2.45) is 0 Å². The van der Waals surface area contributed by atoms with Crippen LogP contribution in [0.2, 0.25) is 0 Å². The molecule has 0 aliphatic carbocycles. The normalized spacial score (nSPS) is 13.3. The molecule has 0 radical (unpaired) electrons. The molecule has 2 amide bonds. The van der Waals surface area contributed by atoms with Crippen LogP contribution in [0.5, 0.6) is 0 Å². The molecule has 1 rings (SSSR count). The molecular weight excluding hydrogens is 272 g/mol. The van der Waals surface area contributed by atoms with Gasteiger partial charge in [-0.2, -0.15) is 0 Å². The van der Waals surface area contributed by atoms with E-state index >= 15 is 0 Å². The Labute approximate surface area is 124 Å². The lowest BCUT2D eigenvalue weighted by Crippen LogP contribution is -2.46. The van der Waals surface area contributed by atoms with Gasteiger partial charge in [0.05, 0.1) is 12.0 Å². The van der Waals surface area contributed by atoms with Gasteiger partial charge in [0.2, 0.25) is 0 Å². The van der Waals surface area contributed by atoms with Crippen molar-refractivity contribution in [3.05, 3.63) is 35.4 Å². The molecule has 116 valence electrons. The minimum absolute atomic E-state index is 0.115. The number of benzene rings is 1. The molecule has 0 bridgehead atoms. The molecule has 1 aromatic rings. The van der Waals surface area contributed by atoms with Gasteiger partial charge in [0.25, 0.3) is 0 Å². The number of carboxylic acids is 1. The van der Waals surface area contributed by atoms with Crippen LogP contribution >= 0.6 is 0 Å². The zero-order valence-corrected chi connectivity index (χ0v) is 12.3. The quantitative estimate of drug-likeness (QED) is 0.604. The van der Waals surface area contributed by atoms with Gasteiger partial charge in [-0.15, -0.1) is 0 Å². The summed E-state index contributed by atoms with van der Waals surface area (Å²) in [5.74, 6) is -1.11. The van der Waals surface area contributed by atoms with E-state index in [2.05, 4.69) is 16.7 Å². The molecule has 6 heteroatoms. The third-order valence-corrected chi connectivity index (χ3v) is 2.94. The molecule has 6 nitrogen and oxygen atoms in total. The maximum atomic E-state index is 11.6. The predicted octanol–water partition coefficient (Wildman–Crippen LogP) is 1.06. The van der Waals surface area contributed by atoms with E-state index in [4.69, 9.17) is 5.11 Å². The molecule has 1 unspecified atom stereocenters. The Morgan fingerprint density at radius 3 is 2.62 bits per heavy atom. The molecular formula is C15H22N2O4. The highest BCUT2D eigenvalue weighted by Gasteiger charge is 2.24. The Bertz CT molecular complexity index is 500. The average molecular weight is 294 g/mol. The SMILES string of the molecule is Cc1cccc(CCNC(=O)NCC(C)(O)CC(=O)O)c1. The molecule has 0 heterocycles. The predicted molar refractivity (Wildman–Crippen MR) is 79.2 cm³/mol. The number of rotatable bonds is 7. The van der Waals surface area contributed by atoms with E-state index in [1.54, 1.807) is 0 Å². The maximum absolute atomic E-state index is 11.6. The Hall–Kier alpha value is -2.08. The first kappa shape index (κ1) is 17.0. The summed E-state index contributed by atoms with van der Waals surface area (Å²) in [6.45, 7) is 3.73. The maximum Gasteiger partial charge on any atom is 0.314 e. The summed E-state index contributed by atoms with van der Waals surface area (Å²) in [7, 11) is 0. The third-order valence-electron chi connectivity index (χ3n) is 2.94. The van der Waals surface area contributed by atoms with Crippen molar-refractivity contribution in [1.82, 2.24) is 10.6 Å². The van der Waals surface area contributed by atoms with Crippen LogP contribution in [0.25, 0.3) is 0 Å². The molecule has 0 aliphatic heterocycles. The number of carbonyl (C=O) groups is 2. The number of amides is 2. The Morgan fingerprint density at radius 1 is 1.29 bits per heavy atom. The number of urea groups is 1. The highest BCUT2D eigenvalue weighted by Crippen LogP contribution is 2.07. The van der Waals surface area contributed by atoms with Crippen molar-refractivity contribution in [3.8, 4) is 0 Å². The third kappa shape index (κ3) is 7.31. The van der Waals surface area contributed by atoms with Gasteiger partial charge >= 0.3 is 12.0 Å². The molecule has 21 heavy (non-hydrogen) atoms. The van der Waals surface area contributed by atoms with Gasteiger partial charge < -0.3 is 20.8 Å². The molecule has 0 aromatic heterocycles. The second kappa shape index (κ2) is 7.64. The summed E-state index contributed by atoms with van der Waals surface area (Å²) in [5, 5.41) is 23.5. The van der Waals surface area contributed by atoms with Crippen LogP contribution in [0.4, 0.5) is 4.79 Å². The van der Waals surface area contributed by atoms with Crippen molar-refractivity contribution in [2.75, 3.05) is 13.1 Å². The molecule has 4 N–H and O–H groups in total. The smallest absolute Gasteiger partial charge is 0.314 e. The molecule has 0 saturated heterocycles. The molecule has 1 aromatic carbocycles. The van der Waals surface area contributed by atoms with Gasteiger partial charge in [0, 0.05) is 13.1 Å². The molecule has 0 spiro atoms. The van der Waals surface area contributed by atoms with Crippen LogP contribution in [-0.2, 0) is 11.2 Å². The fraction of sp³-hybridized carbons (Fsp3) is 0.467. The second-order valence-corrected chi connectivity index (χ2v) is 5.42. The number of aliphatic hydroxyl groups is 1. The minimum atomic E-state index is -1.46. The number of aliphatic carboxylic acids is 1. The van der Waals surface area contributed by atoms with Crippen LogP contribution in [0.15, 0.2) is 24.3 Å². The summed E-state index contributed by atoms with van der Waals surface area (Å²) in [6.07, 6.45) is 0.289. The highest BCUT2D eigenvalue weighted by molar-refractivity contribution is 5.74. The second-order valence-electron chi connectivity index (χ2n) is 5.42. The van der Waals surface area contributed by atoms with E-state index in [1.807, 2.05) is 25.1 Å². The van der Waals surface area contributed by atoms with Crippen LogP contribution in [0.1, 0.15) is 24.5 Å². The van der Waals surface area contributed by atoms with Gasteiger partial charge in [-0.1, -0.05) is 29.8 Å². The van der Waals surface area contributed by atoms with Gasteiger partial charge in [-0.25, -0.2) is 4.79 Å². The summed E-state index contributed by atoms with van der Waals surface area (Å²) in [5.41, 5.74) is 0.842. The fourth-order valence-corrected chi connectivity index (χ4v) is 1.91. The summed E-state index contributed by atoms with van der Waals surface area (Å²) in [4.78, 5) is 22.1. The van der Waals surface area contributed by atoms with Crippen LogP contribution in [0, 0.1) is 6.92 Å². The highest BCUT2D eigenvalue weighted by atomic mass is 16.4. The number of hydrogen-bond donors (Lipinski definition) is 4. The van der Waals surface area contributed by atoms with Gasteiger partial charge in [-0.3, -0.25) is 4.79 Å². The molecule has 1 atom stereocenters. The van der Waals surface area contributed by atoms with Crippen molar-refractivity contribution in [1.29, 1.82) is 0 Å². The molecule has 0 fully saturated rings. The lowest BCUT2D eigenvalue weighted by molar-refractivity contribution is -0.141. The Kier molecular flexibility index (Phi) is 6.17. The number of carboxylic acid groups (broad SMARTS) is 1. The number of carbonyl (C=O) groups excluding carboxylic acids is 1. The summed E-state index contributed by atoms with van der Waals surface area (Å²) >= 11 is 0. The zero-order chi connectivity index (χ0) is 15.9. The van der Waals surface area contributed by atoms with E-state index in [-0.39, 0.29) is 6.54 Å². The Balaban J connectivity index is 2.27. The van der Waals surface area contributed by atoms with Crippen LogP contribution in [0.3, 0.4) is 0 Å². The van der Waals surface area contributed by atoms with Crippen LogP contribution < -0.4 is 10.6 Å². The minimum Gasteiger partial charge on any atom is -0.481 e. The van der Waals surface area contributed by atoms with Crippen molar-refractivity contribution < 1.29 is 19.8 Å². The van der Waals surface area contributed by atoms with Gasteiger partial charge in [0.15, 0.2) is 0 Å². The average Bonchev–Trinajstić information content (AvgIpc) is 2.35. The summed E-state index contributed by atoms with van der Waals surface area (Å²) in [6, 6.07) is 7.59. The van der Waals surface area contributed by atoms with Gasteiger partial charge in [0.1, 0.15) is 0 Å². The van der Waals surface area contributed by atoms with Crippen LogP contribution in [-0.4, -0.2) is 40.9 Å². The van der Waals surface area contributed by atoms with E-state index in [0.29, 0.717) is 13.0 Å². The molecule has 0 aliphatic rings. The van der Waals surface area contributed by atoms with Crippen molar-refractivity contribution >= 4 is 12.0 Å². The topological polar surface area (TPSA) is 98.7 Å². The fourth-order valence-electron chi connectivity index (χ4n) is 1.91. The van der Waals surface area contributed by atoms with E-state index in [0.717, 1.165) is 5.56 Å². The first-order valence-corrected chi connectivity index (χ1v) is 6.80. The van der Waals surface area contributed by atoms with Crippen molar-refractivity contribution in [2.45, 2.75) is 32.3 Å². The van der Waals surface area contributed by atoms with Crippen molar-refractivity contribution in [3.63, 3.8) is 0 Å². The Morgan fingerprint density at radius 2 is 2.00 bits per heavy atom. The van der Waals surface area contributed by atoms with E-state index in [1.165, 1.54) is 12.5 Å².